The maximum Gasteiger partial charge on any atom is 0.0606 e. The summed E-state index contributed by atoms with van der Waals surface area (Å²) in [6, 6.07) is 3.77. The molecular formula is C9H5Cl3S. The van der Waals surface area contributed by atoms with Crippen molar-refractivity contribution in [3.63, 3.8) is 0 Å². The molecule has 68 valence electrons. The molecule has 1 aromatic carbocycles. The molecule has 0 bridgehead atoms. The zero-order valence-electron chi connectivity index (χ0n) is 6.48. The third-order valence-electron chi connectivity index (χ3n) is 1.85. The van der Waals surface area contributed by atoms with Gasteiger partial charge in [0.15, 0.2) is 0 Å². The van der Waals surface area contributed by atoms with Crippen molar-refractivity contribution in [2.75, 3.05) is 0 Å². The normalized spacial score (nSPS) is 11.0. The number of benzene rings is 1. The molecule has 0 N–H and O–H groups in total. The van der Waals surface area contributed by atoms with E-state index in [4.69, 9.17) is 34.8 Å². The van der Waals surface area contributed by atoms with Crippen molar-refractivity contribution in [3.05, 3.63) is 33.1 Å². The van der Waals surface area contributed by atoms with Crippen LogP contribution in [-0.2, 0) is 5.88 Å². The lowest BCUT2D eigenvalue weighted by atomic mass is 10.2. The van der Waals surface area contributed by atoms with Gasteiger partial charge in [-0.3, -0.25) is 0 Å². The SMILES string of the molecule is ClCc1ccc(Cl)c2c(Cl)csc12. The Labute approximate surface area is 95.0 Å². The molecule has 0 amide bonds. The summed E-state index contributed by atoms with van der Waals surface area (Å²) in [7, 11) is 0. The third-order valence-corrected chi connectivity index (χ3v) is 3.94. The first-order chi connectivity index (χ1) is 6.24. The fourth-order valence-electron chi connectivity index (χ4n) is 1.23. The van der Waals surface area contributed by atoms with Gasteiger partial charge in [-0.2, -0.15) is 0 Å². The molecule has 0 aliphatic heterocycles. The van der Waals surface area contributed by atoms with E-state index in [0.717, 1.165) is 15.6 Å². The molecule has 0 nitrogen and oxygen atoms in total. The van der Waals surface area contributed by atoms with Crippen molar-refractivity contribution in [2.45, 2.75) is 5.88 Å². The number of hydrogen-bond donors (Lipinski definition) is 0. The molecule has 0 unspecified atom stereocenters. The number of fused-ring (bicyclic) bond motifs is 1. The number of hydrogen-bond acceptors (Lipinski definition) is 1. The molecule has 0 spiro atoms. The van der Waals surface area contributed by atoms with Crippen molar-refractivity contribution in [1.29, 1.82) is 0 Å². The summed E-state index contributed by atoms with van der Waals surface area (Å²) in [6.45, 7) is 0. The first-order valence-electron chi connectivity index (χ1n) is 3.64. The molecule has 0 aliphatic rings. The monoisotopic (exact) mass is 250 g/mol. The van der Waals surface area contributed by atoms with Crippen LogP contribution in [0.25, 0.3) is 10.1 Å². The van der Waals surface area contributed by atoms with Crippen LogP contribution in [0.1, 0.15) is 5.56 Å². The lowest BCUT2D eigenvalue weighted by molar-refractivity contribution is 1.47. The van der Waals surface area contributed by atoms with E-state index in [1.807, 2.05) is 17.5 Å². The number of thiophene rings is 1. The van der Waals surface area contributed by atoms with Crippen LogP contribution in [0.15, 0.2) is 17.5 Å². The first kappa shape index (κ1) is 9.60. The summed E-state index contributed by atoms with van der Waals surface area (Å²) in [6.07, 6.45) is 0. The van der Waals surface area contributed by atoms with E-state index in [0.29, 0.717) is 15.9 Å². The first-order valence-corrected chi connectivity index (χ1v) is 5.81. The molecule has 0 aliphatic carbocycles. The lowest BCUT2D eigenvalue weighted by Gasteiger charge is -1.99. The number of halogens is 3. The summed E-state index contributed by atoms with van der Waals surface area (Å²) in [4.78, 5) is 0. The quantitative estimate of drug-likeness (QED) is 0.629. The van der Waals surface area contributed by atoms with Crippen LogP contribution >= 0.6 is 46.1 Å². The molecule has 2 rings (SSSR count). The highest BCUT2D eigenvalue weighted by atomic mass is 35.5. The minimum Gasteiger partial charge on any atom is -0.142 e. The molecule has 13 heavy (non-hydrogen) atoms. The lowest BCUT2D eigenvalue weighted by Crippen LogP contribution is -1.77. The topological polar surface area (TPSA) is 0 Å². The minimum atomic E-state index is 0.491. The average Bonchev–Trinajstić information content (AvgIpc) is 2.50. The molecule has 2 aromatic rings. The van der Waals surface area contributed by atoms with Gasteiger partial charge in [0.2, 0.25) is 0 Å². The van der Waals surface area contributed by atoms with Crippen molar-refractivity contribution < 1.29 is 0 Å². The Kier molecular flexibility index (Phi) is 2.70. The van der Waals surface area contributed by atoms with E-state index in [-0.39, 0.29) is 0 Å². The molecule has 4 heteroatoms. The van der Waals surface area contributed by atoms with Crippen LogP contribution in [0.5, 0.6) is 0 Å². The van der Waals surface area contributed by atoms with Gasteiger partial charge in [-0.1, -0.05) is 29.3 Å². The van der Waals surface area contributed by atoms with Gasteiger partial charge in [-0.15, -0.1) is 22.9 Å². The third kappa shape index (κ3) is 1.55. The molecule has 0 atom stereocenters. The van der Waals surface area contributed by atoms with Crippen LogP contribution < -0.4 is 0 Å². The van der Waals surface area contributed by atoms with Gasteiger partial charge >= 0.3 is 0 Å². The Morgan fingerprint density at radius 3 is 2.62 bits per heavy atom. The van der Waals surface area contributed by atoms with Gasteiger partial charge in [-0.25, -0.2) is 0 Å². The maximum absolute atomic E-state index is 6.01. The van der Waals surface area contributed by atoms with Crippen LogP contribution in [0.2, 0.25) is 10.0 Å². The highest BCUT2D eigenvalue weighted by Gasteiger charge is 2.09. The van der Waals surface area contributed by atoms with Crippen molar-refractivity contribution in [3.8, 4) is 0 Å². The van der Waals surface area contributed by atoms with Crippen LogP contribution in [0.3, 0.4) is 0 Å². The summed E-state index contributed by atoms with van der Waals surface area (Å²) in [5, 5.41) is 4.20. The molecule has 1 heterocycles. The Morgan fingerprint density at radius 2 is 1.92 bits per heavy atom. The minimum absolute atomic E-state index is 0.491. The van der Waals surface area contributed by atoms with E-state index in [1.165, 1.54) is 0 Å². The van der Waals surface area contributed by atoms with E-state index < -0.39 is 0 Å². The van der Waals surface area contributed by atoms with Gasteiger partial charge in [0.05, 0.1) is 10.0 Å². The van der Waals surface area contributed by atoms with E-state index in [2.05, 4.69) is 0 Å². The predicted octanol–water partition coefficient (Wildman–Crippen LogP) is 4.95. The van der Waals surface area contributed by atoms with Gasteiger partial charge in [0, 0.05) is 21.3 Å². The molecule has 0 saturated heterocycles. The predicted molar refractivity (Wildman–Crippen MR) is 61.4 cm³/mol. The summed E-state index contributed by atoms with van der Waals surface area (Å²) >= 11 is 19.4. The standard InChI is InChI=1S/C9H5Cl3S/c10-3-5-1-2-6(11)8-7(12)4-13-9(5)8/h1-2,4H,3H2. The van der Waals surface area contributed by atoms with Crippen LogP contribution in [0.4, 0.5) is 0 Å². The smallest absolute Gasteiger partial charge is 0.0606 e. The van der Waals surface area contributed by atoms with Crippen molar-refractivity contribution >= 4 is 56.2 Å². The van der Waals surface area contributed by atoms with E-state index in [9.17, 15) is 0 Å². The van der Waals surface area contributed by atoms with Gasteiger partial charge in [0.25, 0.3) is 0 Å². The summed E-state index contributed by atoms with van der Waals surface area (Å²) < 4.78 is 1.09. The van der Waals surface area contributed by atoms with Crippen molar-refractivity contribution in [2.24, 2.45) is 0 Å². The Bertz CT molecular complexity index is 447. The fourth-order valence-corrected chi connectivity index (χ4v) is 3.25. The van der Waals surface area contributed by atoms with Gasteiger partial charge < -0.3 is 0 Å². The van der Waals surface area contributed by atoms with E-state index >= 15 is 0 Å². The van der Waals surface area contributed by atoms with Gasteiger partial charge in [0.1, 0.15) is 0 Å². The molecule has 0 saturated carbocycles. The number of alkyl halides is 1. The summed E-state index contributed by atoms with van der Waals surface area (Å²) in [5.74, 6) is 0.491. The second-order valence-corrected chi connectivity index (χ2v) is 4.59. The largest absolute Gasteiger partial charge is 0.142 e. The fraction of sp³-hybridized carbons (Fsp3) is 0.111. The van der Waals surface area contributed by atoms with Crippen LogP contribution in [0, 0.1) is 0 Å². The second-order valence-electron chi connectivity index (χ2n) is 2.63. The van der Waals surface area contributed by atoms with Crippen LogP contribution in [-0.4, -0.2) is 0 Å². The Balaban J connectivity index is 2.87. The second kappa shape index (κ2) is 3.66. The molecule has 0 radical (unpaired) electrons. The highest BCUT2D eigenvalue weighted by Crippen LogP contribution is 2.37. The molecular weight excluding hydrogens is 247 g/mol. The highest BCUT2D eigenvalue weighted by molar-refractivity contribution is 7.18. The molecule has 0 fully saturated rings. The van der Waals surface area contributed by atoms with E-state index in [1.54, 1.807) is 11.3 Å². The number of rotatable bonds is 1. The zero-order valence-corrected chi connectivity index (χ0v) is 9.57. The maximum atomic E-state index is 6.01. The van der Waals surface area contributed by atoms with Crippen molar-refractivity contribution in [1.82, 2.24) is 0 Å². The Morgan fingerprint density at radius 1 is 1.15 bits per heavy atom. The molecule has 1 aromatic heterocycles. The average molecular weight is 252 g/mol. The zero-order chi connectivity index (χ0) is 9.42. The summed E-state index contributed by atoms with van der Waals surface area (Å²) in [5.41, 5.74) is 1.08. The van der Waals surface area contributed by atoms with Gasteiger partial charge in [-0.05, 0) is 11.6 Å². The Hall–Kier alpha value is 0.0500.